The van der Waals surface area contributed by atoms with Gasteiger partial charge in [0, 0.05) is 25.2 Å². The molecule has 0 atom stereocenters. The van der Waals surface area contributed by atoms with Gasteiger partial charge in [0.25, 0.3) is 0 Å². The molecular formula is C14H27N3S. The summed E-state index contributed by atoms with van der Waals surface area (Å²) in [4.78, 5) is 5.05. The second kappa shape index (κ2) is 6.71. The molecular weight excluding hydrogens is 242 g/mol. The zero-order valence-electron chi connectivity index (χ0n) is 11.8. The first-order chi connectivity index (χ1) is 8.66. The van der Waals surface area contributed by atoms with Crippen molar-refractivity contribution in [2.75, 3.05) is 26.2 Å². The lowest BCUT2D eigenvalue weighted by atomic mass is 10.0. The van der Waals surface area contributed by atoms with E-state index in [9.17, 15) is 0 Å². The smallest absolute Gasteiger partial charge is 0.169 e. The van der Waals surface area contributed by atoms with Crippen LogP contribution in [-0.4, -0.2) is 53.2 Å². The number of piperidine rings is 2. The normalized spacial score (nSPS) is 23.4. The molecule has 0 aliphatic carbocycles. The highest BCUT2D eigenvalue weighted by Gasteiger charge is 2.26. The van der Waals surface area contributed by atoms with E-state index in [0.717, 1.165) is 24.2 Å². The van der Waals surface area contributed by atoms with Crippen molar-refractivity contribution in [3.63, 3.8) is 0 Å². The number of thiocarbonyl (C=S) groups is 1. The van der Waals surface area contributed by atoms with Crippen LogP contribution in [0.3, 0.4) is 0 Å². The Labute approximate surface area is 117 Å². The Kier molecular flexibility index (Phi) is 5.25. The van der Waals surface area contributed by atoms with Crippen molar-refractivity contribution in [1.82, 2.24) is 15.1 Å². The van der Waals surface area contributed by atoms with E-state index < -0.39 is 0 Å². The van der Waals surface area contributed by atoms with Gasteiger partial charge in [0.2, 0.25) is 0 Å². The van der Waals surface area contributed by atoms with Crippen molar-refractivity contribution in [2.24, 2.45) is 0 Å². The maximum Gasteiger partial charge on any atom is 0.169 e. The Bertz CT molecular complexity index is 266. The number of rotatable bonds is 2. The Morgan fingerprint density at radius 2 is 1.67 bits per heavy atom. The number of likely N-dealkylation sites (tertiary alicyclic amines) is 2. The Balaban J connectivity index is 1.75. The molecule has 2 aliphatic heterocycles. The third-order valence-corrected chi connectivity index (χ3v) is 4.45. The summed E-state index contributed by atoms with van der Waals surface area (Å²) in [7, 11) is 0. The molecule has 2 rings (SSSR count). The quantitative estimate of drug-likeness (QED) is 0.775. The molecule has 2 aliphatic rings. The average Bonchev–Trinajstić information content (AvgIpc) is 2.39. The first-order valence-corrected chi connectivity index (χ1v) is 7.87. The molecule has 3 nitrogen and oxygen atoms in total. The van der Waals surface area contributed by atoms with Crippen LogP contribution in [0.15, 0.2) is 0 Å². The largest absolute Gasteiger partial charge is 0.360 e. The van der Waals surface area contributed by atoms with Gasteiger partial charge in [-0.25, -0.2) is 0 Å². The molecule has 0 spiro atoms. The summed E-state index contributed by atoms with van der Waals surface area (Å²) in [5.74, 6) is 0. The SMILES string of the molecule is CC(C)NC(=S)N1CCC(N2CCCCC2)CC1. The summed E-state index contributed by atoms with van der Waals surface area (Å²) >= 11 is 5.45. The van der Waals surface area contributed by atoms with Crippen molar-refractivity contribution in [2.45, 2.75) is 58.0 Å². The van der Waals surface area contributed by atoms with Gasteiger partial charge in [0.05, 0.1) is 0 Å². The van der Waals surface area contributed by atoms with Gasteiger partial charge in [-0.15, -0.1) is 0 Å². The lowest BCUT2D eigenvalue weighted by Crippen LogP contribution is -2.51. The molecule has 18 heavy (non-hydrogen) atoms. The van der Waals surface area contributed by atoms with E-state index in [1.54, 1.807) is 0 Å². The molecule has 0 radical (unpaired) electrons. The van der Waals surface area contributed by atoms with Gasteiger partial charge in [0.15, 0.2) is 5.11 Å². The van der Waals surface area contributed by atoms with Crippen molar-refractivity contribution >= 4 is 17.3 Å². The summed E-state index contributed by atoms with van der Waals surface area (Å²) in [5.41, 5.74) is 0. The third-order valence-electron chi connectivity index (χ3n) is 4.07. The molecule has 0 saturated carbocycles. The number of hydrogen-bond acceptors (Lipinski definition) is 2. The van der Waals surface area contributed by atoms with Crippen LogP contribution in [0.4, 0.5) is 0 Å². The van der Waals surface area contributed by atoms with Crippen LogP contribution in [0, 0.1) is 0 Å². The molecule has 4 heteroatoms. The molecule has 0 amide bonds. The topological polar surface area (TPSA) is 18.5 Å². The van der Waals surface area contributed by atoms with E-state index in [0.29, 0.717) is 6.04 Å². The molecule has 0 unspecified atom stereocenters. The monoisotopic (exact) mass is 269 g/mol. The highest BCUT2D eigenvalue weighted by molar-refractivity contribution is 7.80. The minimum absolute atomic E-state index is 0.442. The van der Waals surface area contributed by atoms with E-state index in [-0.39, 0.29) is 0 Å². The molecule has 0 aromatic rings. The standard InChI is InChI=1S/C14H27N3S/c1-12(2)15-14(18)17-10-6-13(7-11-17)16-8-4-3-5-9-16/h12-13H,3-11H2,1-2H3,(H,15,18). The molecule has 1 N–H and O–H groups in total. The van der Waals surface area contributed by atoms with Crippen molar-refractivity contribution in [3.8, 4) is 0 Å². The molecule has 0 bridgehead atoms. The van der Waals surface area contributed by atoms with Gasteiger partial charge in [0.1, 0.15) is 0 Å². The number of nitrogens with one attached hydrogen (secondary N) is 1. The summed E-state index contributed by atoms with van der Waals surface area (Å²) in [6, 6.07) is 1.25. The minimum Gasteiger partial charge on any atom is -0.360 e. The molecule has 2 fully saturated rings. The van der Waals surface area contributed by atoms with Crippen LogP contribution in [0.5, 0.6) is 0 Å². The van der Waals surface area contributed by atoms with Crippen LogP contribution in [-0.2, 0) is 0 Å². The summed E-state index contributed by atoms with van der Waals surface area (Å²) in [6.45, 7) is 9.18. The van der Waals surface area contributed by atoms with Crippen molar-refractivity contribution in [3.05, 3.63) is 0 Å². The zero-order chi connectivity index (χ0) is 13.0. The van der Waals surface area contributed by atoms with Crippen LogP contribution in [0.25, 0.3) is 0 Å². The molecule has 2 heterocycles. The fourth-order valence-corrected chi connectivity index (χ4v) is 3.47. The van der Waals surface area contributed by atoms with Gasteiger partial charge in [-0.3, -0.25) is 0 Å². The van der Waals surface area contributed by atoms with Crippen LogP contribution in [0.2, 0.25) is 0 Å². The summed E-state index contributed by atoms with van der Waals surface area (Å²) in [6.07, 6.45) is 6.78. The number of hydrogen-bond donors (Lipinski definition) is 1. The summed E-state index contributed by atoms with van der Waals surface area (Å²) in [5, 5.41) is 4.30. The van der Waals surface area contributed by atoms with Crippen LogP contribution >= 0.6 is 12.2 Å². The lowest BCUT2D eigenvalue weighted by molar-refractivity contribution is 0.114. The van der Waals surface area contributed by atoms with E-state index in [4.69, 9.17) is 12.2 Å². The molecule has 0 aromatic carbocycles. The minimum atomic E-state index is 0.442. The highest BCUT2D eigenvalue weighted by Crippen LogP contribution is 2.20. The molecule has 104 valence electrons. The number of nitrogens with zero attached hydrogens (tertiary/aromatic N) is 2. The predicted octanol–water partition coefficient (Wildman–Crippen LogP) is 2.22. The molecule has 0 aromatic heterocycles. The first kappa shape index (κ1) is 14.1. The van der Waals surface area contributed by atoms with E-state index in [1.807, 2.05) is 0 Å². The maximum absolute atomic E-state index is 5.45. The van der Waals surface area contributed by atoms with E-state index in [2.05, 4.69) is 29.0 Å². The Morgan fingerprint density at radius 1 is 1.06 bits per heavy atom. The van der Waals surface area contributed by atoms with Crippen LogP contribution in [0.1, 0.15) is 46.0 Å². The van der Waals surface area contributed by atoms with Gasteiger partial charge in [-0.1, -0.05) is 6.42 Å². The van der Waals surface area contributed by atoms with E-state index >= 15 is 0 Å². The highest BCUT2D eigenvalue weighted by atomic mass is 32.1. The maximum atomic E-state index is 5.45. The van der Waals surface area contributed by atoms with Gasteiger partial charge in [-0.2, -0.15) is 0 Å². The second-order valence-corrected chi connectivity index (χ2v) is 6.31. The average molecular weight is 269 g/mol. The molecule has 2 saturated heterocycles. The fourth-order valence-electron chi connectivity index (χ4n) is 3.06. The van der Waals surface area contributed by atoms with Crippen molar-refractivity contribution < 1.29 is 0 Å². The second-order valence-electron chi connectivity index (χ2n) is 5.92. The lowest BCUT2D eigenvalue weighted by Gasteiger charge is -2.41. The van der Waals surface area contributed by atoms with E-state index in [1.165, 1.54) is 45.2 Å². The van der Waals surface area contributed by atoms with Gasteiger partial charge in [-0.05, 0) is 64.8 Å². The fraction of sp³-hybridized carbons (Fsp3) is 0.929. The van der Waals surface area contributed by atoms with Gasteiger partial charge >= 0.3 is 0 Å². The van der Waals surface area contributed by atoms with Gasteiger partial charge < -0.3 is 15.1 Å². The summed E-state index contributed by atoms with van der Waals surface area (Å²) < 4.78 is 0. The third kappa shape index (κ3) is 3.82. The Morgan fingerprint density at radius 3 is 2.22 bits per heavy atom. The first-order valence-electron chi connectivity index (χ1n) is 7.46. The van der Waals surface area contributed by atoms with Crippen molar-refractivity contribution in [1.29, 1.82) is 0 Å². The Hall–Kier alpha value is -0.350. The predicted molar refractivity (Wildman–Crippen MR) is 80.9 cm³/mol. The van der Waals surface area contributed by atoms with Crippen LogP contribution < -0.4 is 5.32 Å². The zero-order valence-corrected chi connectivity index (χ0v) is 12.6.